The van der Waals surface area contributed by atoms with Gasteiger partial charge in [0.05, 0.1) is 12.0 Å². The number of ketones is 1. The van der Waals surface area contributed by atoms with Gasteiger partial charge in [-0.2, -0.15) is 0 Å². The molecule has 0 radical (unpaired) electrons. The van der Waals surface area contributed by atoms with Gasteiger partial charge in [0.2, 0.25) is 0 Å². The van der Waals surface area contributed by atoms with E-state index in [-0.39, 0.29) is 12.2 Å². The quantitative estimate of drug-likeness (QED) is 0.338. The summed E-state index contributed by atoms with van der Waals surface area (Å²) >= 11 is 0. The third-order valence-corrected chi connectivity index (χ3v) is 4.71. The Morgan fingerprint density at radius 2 is 1.69 bits per heavy atom. The predicted octanol–water partition coefficient (Wildman–Crippen LogP) is 2.79. The molecule has 0 fully saturated rings. The Morgan fingerprint density at radius 3 is 2.34 bits per heavy atom. The molecule has 1 heterocycles. The zero-order valence-corrected chi connectivity index (χ0v) is 15.6. The lowest BCUT2D eigenvalue weighted by atomic mass is 9.74. The maximum atomic E-state index is 12.8. The average molecular weight is 396 g/mol. The van der Waals surface area contributed by atoms with Crippen molar-refractivity contribution in [1.29, 1.82) is 0 Å². The van der Waals surface area contributed by atoms with Gasteiger partial charge in [0.15, 0.2) is 5.78 Å². The zero-order chi connectivity index (χ0) is 20.7. The first-order valence-electron chi connectivity index (χ1n) is 8.88. The van der Waals surface area contributed by atoms with Gasteiger partial charge in [-0.05, 0) is 34.9 Å². The van der Waals surface area contributed by atoms with Crippen LogP contribution in [0.2, 0.25) is 0 Å². The van der Waals surface area contributed by atoms with E-state index in [2.05, 4.69) is 9.78 Å². The highest BCUT2D eigenvalue weighted by atomic mass is 17.2. The highest BCUT2D eigenvalue weighted by Crippen LogP contribution is 2.48. The van der Waals surface area contributed by atoms with Crippen LogP contribution in [-0.2, 0) is 24.2 Å². The fourth-order valence-electron chi connectivity index (χ4n) is 3.51. The Bertz CT molecular complexity index is 1040. The molecule has 29 heavy (non-hydrogen) atoms. The molecule has 2 aromatic carbocycles. The standard InChI is InChI=1S/C21H16O8/c1-10(22)26-14-5-3-12(4-6-14)17-9-16(24)20-15-7-13(8-18(20)27-17)19(15)21(25)29-28-11(2)23/h3-8,17,19H,9H2,1-2H3/t17-,19-/m0/s1. The Morgan fingerprint density at radius 1 is 0.966 bits per heavy atom. The van der Waals surface area contributed by atoms with Crippen molar-refractivity contribution in [3.8, 4) is 11.5 Å². The van der Waals surface area contributed by atoms with Crippen molar-refractivity contribution in [1.82, 2.24) is 0 Å². The number of ether oxygens (including phenoxy) is 2. The van der Waals surface area contributed by atoms with Crippen LogP contribution in [0, 0.1) is 0 Å². The number of hydrogen-bond acceptors (Lipinski definition) is 8. The lowest BCUT2D eigenvalue weighted by Crippen LogP contribution is -2.31. The minimum atomic E-state index is -0.764. The summed E-state index contributed by atoms with van der Waals surface area (Å²) in [6.07, 6.45) is -0.396. The molecule has 8 nitrogen and oxygen atoms in total. The molecule has 0 N–H and O–H groups in total. The Kier molecular flexibility index (Phi) is 4.54. The van der Waals surface area contributed by atoms with Gasteiger partial charge in [0, 0.05) is 13.8 Å². The zero-order valence-electron chi connectivity index (χ0n) is 15.6. The lowest BCUT2D eigenvalue weighted by Gasteiger charge is -2.34. The molecule has 0 unspecified atom stereocenters. The van der Waals surface area contributed by atoms with E-state index in [1.54, 1.807) is 36.4 Å². The average Bonchev–Trinajstić information content (AvgIpc) is 2.65. The van der Waals surface area contributed by atoms with Crippen molar-refractivity contribution in [2.75, 3.05) is 0 Å². The summed E-state index contributed by atoms with van der Waals surface area (Å²) in [6.45, 7) is 2.43. The van der Waals surface area contributed by atoms with Crippen molar-refractivity contribution >= 4 is 23.7 Å². The highest BCUT2D eigenvalue weighted by Gasteiger charge is 2.42. The Hall–Kier alpha value is -3.68. The van der Waals surface area contributed by atoms with Crippen LogP contribution >= 0.6 is 0 Å². The third-order valence-electron chi connectivity index (χ3n) is 4.71. The van der Waals surface area contributed by atoms with E-state index in [1.165, 1.54) is 6.92 Å². The maximum Gasteiger partial charge on any atom is 0.367 e. The number of Topliss-reactive ketones (excluding diaryl/α,β-unsaturated/α-hetero) is 1. The molecule has 5 rings (SSSR count). The first-order valence-corrected chi connectivity index (χ1v) is 8.88. The summed E-state index contributed by atoms with van der Waals surface area (Å²) < 4.78 is 11.0. The van der Waals surface area contributed by atoms with Crippen LogP contribution in [0.3, 0.4) is 0 Å². The van der Waals surface area contributed by atoms with E-state index in [1.807, 2.05) is 0 Å². The van der Waals surface area contributed by atoms with Crippen LogP contribution in [0.5, 0.6) is 11.5 Å². The largest absolute Gasteiger partial charge is 0.484 e. The van der Waals surface area contributed by atoms with E-state index < -0.39 is 29.9 Å². The lowest BCUT2D eigenvalue weighted by molar-refractivity contribution is -0.258. The molecule has 0 aromatic heterocycles. The maximum absolute atomic E-state index is 12.8. The number of carbonyl (C=O) groups excluding carboxylic acids is 4. The molecule has 0 saturated carbocycles. The number of carbonyl (C=O) groups is 4. The van der Waals surface area contributed by atoms with Crippen molar-refractivity contribution in [3.05, 3.63) is 58.7 Å². The third kappa shape index (κ3) is 3.44. The molecule has 2 aromatic rings. The van der Waals surface area contributed by atoms with Crippen molar-refractivity contribution < 1.29 is 38.4 Å². The molecule has 0 amide bonds. The molecule has 0 saturated heterocycles. The molecule has 148 valence electrons. The van der Waals surface area contributed by atoms with Crippen LogP contribution in [0.15, 0.2) is 36.4 Å². The van der Waals surface area contributed by atoms with Gasteiger partial charge >= 0.3 is 17.9 Å². The first kappa shape index (κ1) is 18.7. The Labute approximate surface area is 165 Å². The molecular weight excluding hydrogens is 380 g/mol. The van der Waals surface area contributed by atoms with Gasteiger partial charge in [0.1, 0.15) is 23.5 Å². The second kappa shape index (κ2) is 7.05. The van der Waals surface area contributed by atoms with Crippen LogP contribution in [-0.4, -0.2) is 23.7 Å². The summed E-state index contributed by atoms with van der Waals surface area (Å²) in [4.78, 5) is 55.5. The summed E-state index contributed by atoms with van der Waals surface area (Å²) in [7, 11) is 0. The van der Waals surface area contributed by atoms with E-state index in [0.29, 0.717) is 28.2 Å². The second-order valence-electron chi connectivity index (χ2n) is 6.79. The van der Waals surface area contributed by atoms with E-state index >= 15 is 0 Å². The fraction of sp³-hybridized carbons (Fsp3) is 0.238. The summed E-state index contributed by atoms with van der Waals surface area (Å²) in [6, 6.07) is 10.1. The number of hydrogen-bond donors (Lipinski definition) is 0. The predicted molar refractivity (Wildman–Crippen MR) is 96.2 cm³/mol. The number of rotatable bonds is 3. The van der Waals surface area contributed by atoms with Gasteiger partial charge < -0.3 is 9.47 Å². The molecule has 2 bridgehead atoms. The highest BCUT2D eigenvalue weighted by molar-refractivity contribution is 6.05. The fourth-order valence-corrected chi connectivity index (χ4v) is 3.51. The van der Waals surface area contributed by atoms with E-state index in [4.69, 9.17) is 9.47 Å². The topological polar surface area (TPSA) is 105 Å². The molecule has 0 spiro atoms. The summed E-state index contributed by atoms with van der Waals surface area (Å²) in [5, 5.41) is 0. The smallest absolute Gasteiger partial charge is 0.367 e. The minimum Gasteiger partial charge on any atom is -0.484 e. The second-order valence-corrected chi connectivity index (χ2v) is 6.79. The van der Waals surface area contributed by atoms with Crippen molar-refractivity contribution in [2.45, 2.75) is 32.3 Å². The van der Waals surface area contributed by atoms with Crippen molar-refractivity contribution in [2.24, 2.45) is 0 Å². The SMILES string of the molecule is CC(=O)OOC(=O)[C@H]1c2cc3c(c1c2)C(=O)C[C@@H](c1ccc(OC(C)=O)cc1)O3. The minimum absolute atomic E-state index is 0.0952. The first-order chi connectivity index (χ1) is 13.8. The number of benzene rings is 2. The Balaban J connectivity index is 1.53. The van der Waals surface area contributed by atoms with Gasteiger partial charge in [-0.1, -0.05) is 18.2 Å². The molecule has 1 aliphatic heterocycles. The van der Waals surface area contributed by atoms with Crippen LogP contribution in [0.25, 0.3) is 0 Å². The van der Waals surface area contributed by atoms with Crippen molar-refractivity contribution in [3.63, 3.8) is 0 Å². The van der Waals surface area contributed by atoms with Gasteiger partial charge in [-0.3, -0.25) is 9.59 Å². The number of esters is 1. The van der Waals surface area contributed by atoms with Crippen LogP contribution in [0.4, 0.5) is 0 Å². The van der Waals surface area contributed by atoms with Gasteiger partial charge in [-0.25, -0.2) is 19.4 Å². The normalized spacial score (nSPS) is 18.6. The summed E-state index contributed by atoms with van der Waals surface area (Å²) in [5.74, 6) is -2.04. The van der Waals surface area contributed by atoms with Gasteiger partial charge in [-0.15, -0.1) is 0 Å². The molecule has 3 aliphatic rings. The summed E-state index contributed by atoms with van der Waals surface area (Å²) in [5.41, 5.74) is 2.23. The monoisotopic (exact) mass is 396 g/mol. The molecule has 2 atom stereocenters. The van der Waals surface area contributed by atoms with Gasteiger partial charge in [0.25, 0.3) is 0 Å². The molecule has 8 heteroatoms. The van der Waals surface area contributed by atoms with E-state index in [0.717, 1.165) is 12.5 Å². The molecular formula is C21H16O8. The van der Waals surface area contributed by atoms with E-state index in [9.17, 15) is 19.2 Å². The van der Waals surface area contributed by atoms with Crippen LogP contribution in [0.1, 0.15) is 59.3 Å². The molecule has 2 aliphatic carbocycles. The van der Waals surface area contributed by atoms with Crippen LogP contribution < -0.4 is 9.47 Å².